The van der Waals surface area contributed by atoms with Crippen molar-refractivity contribution in [1.29, 1.82) is 0 Å². The second-order valence-corrected chi connectivity index (χ2v) is 6.23. The average Bonchev–Trinajstić information content (AvgIpc) is 2.37. The topological polar surface area (TPSA) is 83.8 Å². The van der Waals surface area contributed by atoms with Crippen molar-refractivity contribution in [2.75, 3.05) is 6.61 Å². The largest absolute Gasteiger partial charge is 0.393 e. The van der Waals surface area contributed by atoms with Crippen LogP contribution >= 0.6 is 0 Å². The maximum Gasteiger partial charge on any atom is 0.297 e. The summed E-state index contributed by atoms with van der Waals surface area (Å²) < 4.78 is 28.5. The van der Waals surface area contributed by atoms with Crippen LogP contribution < -0.4 is 0 Å². The predicted molar refractivity (Wildman–Crippen MR) is 75.8 cm³/mol. The third kappa shape index (κ3) is 5.42. The van der Waals surface area contributed by atoms with Gasteiger partial charge < -0.3 is 10.2 Å². The minimum atomic E-state index is -3.88. The van der Waals surface area contributed by atoms with Crippen LogP contribution in [0.3, 0.4) is 0 Å². The number of aliphatic hydroxyl groups is 2. The van der Waals surface area contributed by atoms with Crippen LogP contribution in [-0.4, -0.2) is 37.4 Å². The summed E-state index contributed by atoms with van der Waals surface area (Å²) in [5.74, 6) is 0. The van der Waals surface area contributed by atoms with Crippen molar-refractivity contribution in [3.63, 3.8) is 0 Å². The van der Waals surface area contributed by atoms with Crippen molar-refractivity contribution in [2.45, 2.75) is 36.9 Å². The lowest BCUT2D eigenvalue weighted by Crippen LogP contribution is -2.24. The summed E-state index contributed by atoms with van der Waals surface area (Å²) in [5.41, 5.74) is 0.941. The van der Waals surface area contributed by atoms with E-state index in [2.05, 4.69) is 6.58 Å². The Kier molecular flexibility index (Phi) is 6.35. The molecule has 1 aromatic rings. The van der Waals surface area contributed by atoms with E-state index in [0.717, 1.165) is 5.56 Å². The van der Waals surface area contributed by atoms with E-state index < -0.39 is 22.3 Å². The smallest absolute Gasteiger partial charge is 0.297 e. The second-order valence-electron chi connectivity index (χ2n) is 4.62. The first-order chi connectivity index (χ1) is 9.35. The quantitative estimate of drug-likeness (QED) is 0.560. The van der Waals surface area contributed by atoms with Gasteiger partial charge in [-0.15, -0.1) is 6.58 Å². The molecule has 0 heterocycles. The maximum absolute atomic E-state index is 11.8. The van der Waals surface area contributed by atoms with Crippen LogP contribution in [0.2, 0.25) is 0 Å². The van der Waals surface area contributed by atoms with Gasteiger partial charge in [-0.05, 0) is 25.5 Å². The van der Waals surface area contributed by atoms with Crippen molar-refractivity contribution in [2.24, 2.45) is 0 Å². The highest BCUT2D eigenvalue weighted by Crippen LogP contribution is 2.14. The summed E-state index contributed by atoms with van der Waals surface area (Å²) in [6.07, 6.45) is 0.0942. The molecule has 1 rings (SSSR count). The monoisotopic (exact) mass is 300 g/mol. The molecule has 0 spiro atoms. The van der Waals surface area contributed by atoms with E-state index in [-0.39, 0.29) is 17.9 Å². The van der Waals surface area contributed by atoms with Gasteiger partial charge >= 0.3 is 0 Å². The van der Waals surface area contributed by atoms with E-state index >= 15 is 0 Å². The lowest BCUT2D eigenvalue weighted by Gasteiger charge is -2.14. The summed E-state index contributed by atoms with van der Waals surface area (Å²) in [6.45, 7) is 4.94. The predicted octanol–water partition coefficient (Wildman–Crippen LogP) is 1.39. The minimum Gasteiger partial charge on any atom is -0.393 e. The fourth-order valence-corrected chi connectivity index (χ4v) is 2.55. The summed E-state index contributed by atoms with van der Waals surface area (Å²) in [7, 11) is -3.88. The summed E-state index contributed by atoms with van der Waals surface area (Å²) in [4.78, 5) is 0.0435. The molecule has 2 atom stereocenters. The van der Waals surface area contributed by atoms with Crippen LogP contribution in [0.15, 0.2) is 41.8 Å². The summed E-state index contributed by atoms with van der Waals surface area (Å²) in [6, 6.07) is 6.23. The Balaban J connectivity index is 2.55. The minimum absolute atomic E-state index is 0.0371. The molecule has 112 valence electrons. The number of aryl methyl sites for hydroxylation is 1. The van der Waals surface area contributed by atoms with Crippen LogP contribution in [0.5, 0.6) is 0 Å². The molecule has 0 radical (unpaired) electrons. The molecule has 0 aliphatic rings. The van der Waals surface area contributed by atoms with E-state index in [9.17, 15) is 18.6 Å². The van der Waals surface area contributed by atoms with Gasteiger partial charge in [-0.25, -0.2) is 0 Å². The molecular formula is C14H20O5S. The SMILES string of the molecule is C=CC[C@@H](O)C[C@H](O)COS(=O)(=O)c1ccc(C)cc1. The zero-order chi connectivity index (χ0) is 15.2. The number of rotatable bonds is 8. The number of hydrogen-bond acceptors (Lipinski definition) is 5. The highest BCUT2D eigenvalue weighted by Gasteiger charge is 2.18. The van der Waals surface area contributed by atoms with E-state index in [0.29, 0.717) is 6.42 Å². The zero-order valence-electron chi connectivity index (χ0n) is 11.4. The Labute approximate surface area is 119 Å². The molecule has 0 unspecified atom stereocenters. The van der Waals surface area contributed by atoms with Gasteiger partial charge in [0.2, 0.25) is 0 Å². The fraction of sp³-hybridized carbons (Fsp3) is 0.429. The zero-order valence-corrected chi connectivity index (χ0v) is 12.2. The first kappa shape index (κ1) is 16.8. The Morgan fingerprint density at radius 2 is 1.85 bits per heavy atom. The average molecular weight is 300 g/mol. The molecule has 0 fully saturated rings. The van der Waals surface area contributed by atoms with E-state index in [1.807, 2.05) is 6.92 Å². The van der Waals surface area contributed by atoms with Gasteiger partial charge in [0.1, 0.15) is 0 Å². The maximum atomic E-state index is 11.8. The van der Waals surface area contributed by atoms with E-state index in [4.69, 9.17) is 4.18 Å². The molecule has 0 bridgehead atoms. The van der Waals surface area contributed by atoms with Crippen molar-refractivity contribution in [1.82, 2.24) is 0 Å². The van der Waals surface area contributed by atoms with Gasteiger partial charge in [0.05, 0.1) is 23.7 Å². The molecule has 0 aliphatic heterocycles. The van der Waals surface area contributed by atoms with Gasteiger partial charge in [-0.3, -0.25) is 4.18 Å². The molecular weight excluding hydrogens is 280 g/mol. The molecule has 2 N–H and O–H groups in total. The Hall–Kier alpha value is -1.21. The summed E-state index contributed by atoms with van der Waals surface area (Å²) >= 11 is 0. The van der Waals surface area contributed by atoms with Crippen LogP contribution in [0.1, 0.15) is 18.4 Å². The molecule has 0 saturated heterocycles. The molecule has 0 aliphatic carbocycles. The third-order valence-electron chi connectivity index (χ3n) is 2.71. The fourth-order valence-electron chi connectivity index (χ4n) is 1.61. The highest BCUT2D eigenvalue weighted by molar-refractivity contribution is 7.86. The molecule has 0 amide bonds. The van der Waals surface area contributed by atoms with Crippen LogP contribution in [0.4, 0.5) is 0 Å². The molecule has 0 saturated carbocycles. The Bertz CT molecular complexity index is 521. The number of benzene rings is 1. The van der Waals surface area contributed by atoms with Gasteiger partial charge in [0.25, 0.3) is 10.1 Å². The van der Waals surface area contributed by atoms with Crippen LogP contribution in [0.25, 0.3) is 0 Å². The Morgan fingerprint density at radius 1 is 1.25 bits per heavy atom. The van der Waals surface area contributed by atoms with Crippen molar-refractivity contribution in [3.05, 3.63) is 42.5 Å². The normalized spacial score (nSPS) is 14.8. The lowest BCUT2D eigenvalue weighted by atomic mass is 10.1. The molecule has 20 heavy (non-hydrogen) atoms. The van der Waals surface area contributed by atoms with Crippen molar-refractivity contribution < 1.29 is 22.8 Å². The first-order valence-electron chi connectivity index (χ1n) is 6.28. The lowest BCUT2D eigenvalue weighted by molar-refractivity contribution is 0.0518. The molecule has 5 nitrogen and oxygen atoms in total. The number of hydrogen-bond donors (Lipinski definition) is 2. The third-order valence-corrected chi connectivity index (χ3v) is 4.00. The van der Waals surface area contributed by atoms with Crippen molar-refractivity contribution in [3.8, 4) is 0 Å². The van der Waals surface area contributed by atoms with E-state index in [1.54, 1.807) is 12.1 Å². The van der Waals surface area contributed by atoms with Gasteiger partial charge in [-0.1, -0.05) is 23.8 Å². The molecule has 0 aromatic heterocycles. The highest BCUT2D eigenvalue weighted by atomic mass is 32.2. The molecule has 1 aromatic carbocycles. The second kappa shape index (κ2) is 7.54. The molecule has 6 heteroatoms. The number of aliphatic hydroxyl groups excluding tert-OH is 2. The van der Waals surface area contributed by atoms with Gasteiger partial charge in [0, 0.05) is 6.42 Å². The first-order valence-corrected chi connectivity index (χ1v) is 7.69. The van der Waals surface area contributed by atoms with Gasteiger partial charge in [-0.2, -0.15) is 8.42 Å². The standard InChI is InChI=1S/C14H20O5S/c1-3-4-12(15)9-13(16)10-19-20(17,18)14-7-5-11(2)6-8-14/h3,5-8,12-13,15-16H,1,4,9-10H2,2H3/t12-,13+/m1/s1. The van der Waals surface area contributed by atoms with E-state index in [1.165, 1.54) is 18.2 Å². The van der Waals surface area contributed by atoms with Crippen molar-refractivity contribution >= 4 is 10.1 Å². The Morgan fingerprint density at radius 3 is 2.40 bits per heavy atom. The van der Waals surface area contributed by atoms with Crippen LogP contribution in [0, 0.1) is 6.92 Å². The van der Waals surface area contributed by atoms with Crippen LogP contribution in [-0.2, 0) is 14.3 Å². The summed E-state index contributed by atoms with van der Waals surface area (Å²) in [5, 5.41) is 19.1. The van der Waals surface area contributed by atoms with Gasteiger partial charge in [0.15, 0.2) is 0 Å².